The van der Waals surface area contributed by atoms with Gasteiger partial charge in [-0.15, -0.1) is 0 Å². The van der Waals surface area contributed by atoms with Crippen LogP contribution in [-0.4, -0.2) is 60.0 Å². The van der Waals surface area contributed by atoms with Gasteiger partial charge in [0.2, 0.25) is 5.95 Å². The second kappa shape index (κ2) is 10.6. The number of aromatic nitrogens is 2. The Morgan fingerprint density at radius 1 is 1.11 bits per heavy atom. The summed E-state index contributed by atoms with van der Waals surface area (Å²) in [6, 6.07) is 10.4. The van der Waals surface area contributed by atoms with E-state index in [1.807, 2.05) is 6.07 Å². The molecule has 1 aromatic carbocycles. The van der Waals surface area contributed by atoms with Crippen LogP contribution in [-0.2, 0) is 0 Å². The third-order valence-corrected chi connectivity index (χ3v) is 4.84. The van der Waals surface area contributed by atoms with E-state index < -0.39 is 0 Å². The van der Waals surface area contributed by atoms with Crippen LogP contribution in [0.15, 0.2) is 48.8 Å². The van der Waals surface area contributed by atoms with E-state index in [0.717, 1.165) is 45.6 Å². The van der Waals surface area contributed by atoms with E-state index in [1.165, 1.54) is 5.56 Å². The number of carbonyl (C=O) groups is 1. The molecule has 1 aliphatic heterocycles. The van der Waals surface area contributed by atoms with Crippen LogP contribution >= 0.6 is 0 Å². The first-order valence-electron chi connectivity index (χ1n) is 10.1. The minimum atomic E-state index is -0.102. The highest BCUT2D eigenvalue weighted by Gasteiger charge is 2.18. The number of benzene rings is 1. The first-order chi connectivity index (χ1) is 13.8. The van der Waals surface area contributed by atoms with Crippen molar-refractivity contribution >= 4 is 17.9 Å². The Balaban J connectivity index is 1.44. The van der Waals surface area contributed by atoms with Crippen molar-refractivity contribution in [2.24, 2.45) is 0 Å². The van der Waals surface area contributed by atoms with E-state index in [2.05, 4.69) is 68.4 Å². The highest BCUT2D eigenvalue weighted by molar-refractivity contribution is 5.93. The number of unbranched alkanes of at least 4 members (excludes halogenated alkanes) is 1. The number of nitrogens with one attached hydrogen (secondary N) is 1. The second-order valence-corrected chi connectivity index (χ2v) is 6.98. The van der Waals surface area contributed by atoms with E-state index in [1.54, 1.807) is 12.4 Å². The maximum Gasteiger partial charge on any atom is 0.254 e. The van der Waals surface area contributed by atoms with Gasteiger partial charge in [0.25, 0.3) is 5.91 Å². The Hall–Kier alpha value is -2.73. The molecule has 0 radical (unpaired) electrons. The standard InChI is InChI=1S/C22H29N5O/c1-2-3-11-23-21(28)20-17-24-22(25-18-20)27-15-13-26(14-16-27)12-7-10-19-8-5-4-6-9-19/h4-10,17-18H,2-3,11-16H2,1H3,(H,23,28)/b10-7+. The number of rotatable bonds is 8. The van der Waals surface area contributed by atoms with Gasteiger partial charge in [-0.05, 0) is 12.0 Å². The molecular formula is C22H29N5O. The fourth-order valence-electron chi connectivity index (χ4n) is 3.11. The molecule has 1 aliphatic rings. The third-order valence-electron chi connectivity index (χ3n) is 4.84. The van der Waals surface area contributed by atoms with Gasteiger partial charge in [-0.1, -0.05) is 55.8 Å². The third kappa shape index (κ3) is 5.89. The van der Waals surface area contributed by atoms with Crippen molar-refractivity contribution in [2.75, 3.05) is 44.2 Å². The predicted octanol–water partition coefficient (Wildman–Crippen LogP) is 2.84. The number of hydrogen-bond donors (Lipinski definition) is 1. The van der Waals surface area contributed by atoms with Gasteiger partial charge in [-0.25, -0.2) is 9.97 Å². The number of carbonyl (C=O) groups excluding carboxylic acids is 1. The summed E-state index contributed by atoms with van der Waals surface area (Å²) >= 11 is 0. The van der Waals surface area contributed by atoms with Gasteiger partial charge in [0.05, 0.1) is 5.56 Å². The Bertz CT molecular complexity index is 752. The molecule has 1 amide bonds. The molecule has 6 nitrogen and oxygen atoms in total. The summed E-state index contributed by atoms with van der Waals surface area (Å²) in [4.78, 5) is 25.4. The van der Waals surface area contributed by atoms with Crippen LogP contribution in [0.2, 0.25) is 0 Å². The Morgan fingerprint density at radius 2 is 1.82 bits per heavy atom. The number of amides is 1. The molecule has 148 valence electrons. The Labute approximate surface area is 167 Å². The van der Waals surface area contributed by atoms with Crippen molar-refractivity contribution < 1.29 is 4.79 Å². The number of hydrogen-bond acceptors (Lipinski definition) is 5. The van der Waals surface area contributed by atoms with E-state index in [0.29, 0.717) is 18.1 Å². The molecule has 2 aromatic rings. The predicted molar refractivity (Wildman–Crippen MR) is 113 cm³/mol. The molecule has 1 aromatic heterocycles. The summed E-state index contributed by atoms with van der Waals surface area (Å²) < 4.78 is 0. The molecular weight excluding hydrogens is 350 g/mol. The zero-order valence-electron chi connectivity index (χ0n) is 16.6. The number of piperazine rings is 1. The SMILES string of the molecule is CCCCNC(=O)c1cnc(N2CCN(C/C=C/c3ccccc3)CC2)nc1. The molecule has 1 fully saturated rings. The lowest BCUT2D eigenvalue weighted by molar-refractivity contribution is 0.0952. The van der Waals surface area contributed by atoms with Crippen molar-refractivity contribution in [2.45, 2.75) is 19.8 Å². The lowest BCUT2D eigenvalue weighted by Gasteiger charge is -2.34. The van der Waals surface area contributed by atoms with Crippen molar-refractivity contribution in [3.05, 3.63) is 59.9 Å². The molecule has 2 heterocycles. The van der Waals surface area contributed by atoms with Crippen LogP contribution in [0.25, 0.3) is 6.08 Å². The van der Waals surface area contributed by atoms with E-state index >= 15 is 0 Å². The highest BCUT2D eigenvalue weighted by Crippen LogP contribution is 2.11. The van der Waals surface area contributed by atoms with Crippen molar-refractivity contribution in [1.29, 1.82) is 0 Å². The quantitative estimate of drug-likeness (QED) is 0.715. The smallest absolute Gasteiger partial charge is 0.254 e. The fraction of sp³-hybridized carbons (Fsp3) is 0.409. The van der Waals surface area contributed by atoms with E-state index in [9.17, 15) is 4.79 Å². The molecule has 1 N–H and O–H groups in total. The number of nitrogens with zero attached hydrogens (tertiary/aromatic N) is 4. The largest absolute Gasteiger partial charge is 0.352 e. The first-order valence-corrected chi connectivity index (χ1v) is 10.1. The molecule has 0 unspecified atom stereocenters. The lowest BCUT2D eigenvalue weighted by atomic mass is 10.2. The average molecular weight is 380 g/mol. The first kappa shape index (κ1) is 20.0. The van der Waals surface area contributed by atoms with Crippen LogP contribution in [0.4, 0.5) is 5.95 Å². The summed E-state index contributed by atoms with van der Waals surface area (Å²) in [7, 11) is 0. The molecule has 6 heteroatoms. The number of anilines is 1. The monoisotopic (exact) mass is 379 g/mol. The maximum atomic E-state index is 12.0. The molecule has 0 aliphatic carbocycles. The van der Waals surface area contributed by atoms with Gasteiger partial charge in [0.1, 0.15) is 0 Å². The summed E-state index contributed by atoms with van der Waals surface area (Å²) in [6.07, 6.45) is 9.67. The topological polar surface area (TPSA) is 61.4 Å². The molecule has 0 bridgehead atoms. The van der Waals surface area contributed by atoms with Gasteiger partial charge >= 0.3 is 0 Å². The zero-order valence-corrected chi connectivity index (χ0v) is 16.6. The summed E-state index contributed by atoms with van der Waals surface area (Å²) in [5.74, 6) is 0.597. The summed E-state index contributed by atoms with van der Waals surface area (Å²) in [6.45, 7) is 7.47. The van der Waals surface area contributed by atoms with Crippen LogP contribution in [0.1, 0.15) is 35.7 Å². The van der Waals surface area contributed by atoms with Crippen molar-refractivity contribution in [3.8, 4) is 0 Å². The van der Waals surface area contributed by atoms with Gasteiger partial charge in [0.15, 0.2) is 0 Å². The van der Waals surface area contributed by atoms with Gasteiger partial charge in [-0.3, -0.25) is 9.69 Å². The second-order valence-electron chi connectivity index (χ2n) is 6.98. The summed E-state index contributed by atoms with van der Waals surface area (Å²) in [5, 5.41) is 2.89. The molecule has 0 spiro atoms. The van der Waals surface area contributed by atoms with E-state index in [4.69, 9.17) is 0 Å². The van der Waals surface area contributed by atoms with Crippen molar-refractivity contribution in [3.63, 3.8) is 0 Å². The summed E-state index contributed by atoms with van der Waals surface area (Å²) in [5.41, 5.74) is 1.75. The molecule has 1 saturated heterocycles. The van der Waals surface area contributed by atoms with Crippen LogP contribution < -0.4 is 10.2 Å². The normalized spacial score (nSPS) is 15.1. The molecule has 3 rings (SSSR count). The van der Waals surface area contributed by atoms with Crippen LogP contribution in [0.3, 0.4) is 0 Å². The maximum absolute atomic E-state index is 12.0. The van der Waals surface area contributed by atoms with Gasteiger partial charge < -0.3 is 10.2 Å². The minimum absolute atomic E-state index is 0.102. The Kier molecular flexibility index (Phi) is 7.55. The molecule has 0 saturated carbocycles. The van der Waals surface area contributed by atoms with E-state index in [-0.39, 0.29) is 5.91 Å². The molecule has 0 atom stereocenters. The fourth-order valence-corrected chi connectivity index (χ4v) is 3.11. The zero-order chi connectivity index (χ0) is 19.6. The minimum Gasteiger partial charge on any atom is -0.352 e. The van der Waals surface area contributed by atoms with Gasteiger partial charge in [0, 0.05) is 51.7 Å². The van der Waals surface area contributed by atoms with Crippen LogP contribution in [0, 0.1) is 0 Å². The average Bonchev–Trinajstić information content (AvgIpc) is 2.75. The Morgan fingerprint density at radius 3 is 2.50 bits per heavy atom. The highest BCUT2D eigenvalue weighted by atomic mass is 16.1. The lowest BCUT2D eigenvalue weighted by Crippen LogP contribution is -2.47. The van der Waals surface area contributed by atoms with Crippen molar-refractivity contribution in [1.82, 2.24) is 20.2 Å². The molecule has 28 heavy (non-hydrogen) atoms. The van der Waals surface area contributed by atoms with Crippen LogP contribution in [0.5, 0.6) is 0 Å². The van der Waals surface area contributed by atoms with Gasteiger partial charge in [-0.2, -0.15) is 0 Å².